The number of allylic oxidation sites excluding steroid dienone is 1. The number of carboxylic acid groups (broad SMARTS) is 1. The van der Waals surface area contributed by atoms with Crippen LogP contribution < -0.4 is 43.0 Å². The van der Waals surface area contributed by atoms with Crippen LogP contribution in [0.2, 0.25) is 0 Å². The van der Waals surface area contributed by atoms with Gasteiger partial charge in [0.05, 0.1) is 0 Å². The number of carboxylic acids is 1. The Bertz CT molecular complexity index is 225. The zero-order valence-electron chi connectivity index (χ0n) is 11.6. The van der Waals surface area contributed by atoms with Crippen LogP contribution in [0.15, 0.2) is 12.7 Å². The Morgan fingerprint density at radius 3 is 1.79 bits per heavy atom. The summed E-state index contributed by atoms with van der Waals surface area (Å²) in [6.07, 6.45) is 9.83. The maximum absolute atomic E-state index is 10.1. The Balaban J connectivity index is -0.000000165. The van der Waals surface area contributed by atoms with E-state index in [9.17, 15) is 9.90 Å². The largest absolute Gasteiger partial charge is 2.00 e. The molecule has 0 N–H and O–H groups in total. The minimum Gasteiger partial charge on any atom is 1.00 e. The normalized spacial score (nSPS) is 8.58. The van der Waals surface area contributed by atoms with Gasteiger partial charge < -0.3 is 9.90 Å². The average Bonchev–Trinajstić information content (AvgIpc) is 2.21. The number of rotatable bonds is 9. The molecule has 0 aromatic rings. The molecule has 0 rings (SSSR count). The molecule has 0 unspecified atom stereocenters. The first-order chi connectivity index (χ1) is 8.00. The maximum atomic E-state index is 10.1. The summed E-state index contributed by atoms with van der Waals surface area (Å²) in [6.45, 7) is 3.66. The molecule has 0 aliphatic rings. The molecule has 0 amide bonds. The van der Waals surface area contributed by atoms with Gasteiger partial charge in [-0.1, -0.05) is 31.8 Å². The number of carbonyl (C=O) groups is 1. The average molecular weight is 399 g/mol. The molecule has 0 aliphatic carbocycles. The van der Waals surface area contributed by atoms with Crippen LogP contribution in [0.3, 0.4) is 0 Å². The topological polar surface area (TPSA) is 103 Å². The van der Waals surface area contributed by atoms with Crippen molar-refractivity contribution in [3.63, 3.8) is 0 Å². The summed E-state index contributed by atoms with van der Waals surface area (Å²) in [5.41, 5.74) is 0. The second kappa shape index (κ2) is 24.1. The van der Waals surface area contributed by atoms with E-state index in [4.69, 9.17) is 12.2 Å². The minimum absolute atomic E-state index is 0. The van der Waals surface area contributed by atoms with E-state index in [1.54, 1.807) is 0 Å². The van der Waals surface area contributed by atoms with Crippen molar-refractivity contribution in [3.8, 4) is 0 Å². The maximum Gasteiger partial charge on any atom is 2.00 e. The third-order valence-electron chi connectivity index (χ3n) is 2.04. The van der Waals surface area contributed by atoms with Crippen molar-refractivity contribution >= 4 is 20.5 Å². The first-order valence-electron chi connectivity index (χ1n) is 5.58. The first-order valence-corrected chi connectivity index (χ1v) is 7.68. The molecule has 0 saturated heterocycles. The fraction of sp³-hybridized carbons (Fsp3) is 0.727. The van der Waals surface area contributed by atoms with Gasteiger partial charge in [0.2, 0.25) is 0 Å². The third-order valence-corrected chi connectivity index (χ3v) is 2.04. The molecule has 0 radical (unpaired) electrons. The van der Waals surface area contributed by atoms with Gasteiger partial charge in [-0.05, 0) is 25.7 Å². The van der Waals surface area contributed by atoms with E-state index in [0.29, 0.717) is 0 Å². The van der Waals surface area contributed by atoms with Gasteiger partial charge in [-0.25, -0.2) is 0 Å². The van der Waals surface area contributed by atoms with Crippen LogP contribution in [0.5, 0.6) is 0 Å². The van der Waals surface area contributed by atoms with Gasteiger partial charge >= 0.3 is 75.7 Å². The fourth-order valence-corrected chi connectivity index (χ4v) is 1.27. The second-order valence-electron chi connectivity index (χ2n) is 3.52. The predicted molar refractivity (Wildman–Crippen MR) is 58.6 cm³/mol. The standard InChI is InChI=1S/C11H20O2.Na.H2O3Se.Zn/c1-2-3-4-5-6-7-8-9-10-11(12)13;;1-4(2)3;/h2H,1,3-10H2,(H,12,13);;(H2,1,2,3);/q;+1;;+2/p-3. The minimum atomic E-state index is -3.79. The number of hydrogen-bond donors (Lipinski definition) is 0. The molecule has 0 atom stereocenters. The van der Waals surface area contributed by atoms with E-state index in [0.717, 1.165) is 25.7 Å². The first kappa shape index (κ1) is 28.3. The molecule has 0 spiro atoms. The van der Waals surface area contributed by atoms with Crippen LogP contribution in [0, 0.1) is 0 Å². The number of carbonyl (C=O) groups excluding carboxylic acids is 1. The molecule has 5 nitrogen and oxygen atoms in total. The summed E-state index contributed by atoms with van der Waals surface area (Å²) >= 11 is -3.79. The van der Waals surface area contributed by atoms with Crippen LogP contribution in [0.25, 0.3) is 0 Å². The van der Waals surface area contributed by atoms with Crippen molar-refractivity contribution in [2.45, 2.75) is 51.4 Å². The van der Waals surface area contributed by atoms with E-state index >= 15 is 0 Å². The van der Waals surface area contributed by atoms with Gasteiger partial charge in [0.1, 0.15) is 0 Å². The molecule has 0 aromatic carbocycles. The molecule has 0 saturated carbocycles. The Hall–Kier alpha value is 1.07. The van der Waals surface area contributed by atoms with Crippen molar-refractivity contribution in [3.05, 3.63) is 12.7 Å². The van der Waals surface area contributed by atoms with E-state index < -0.39 is 20.5 Å². The molecular formula is C11H19NaO5SeZn. The van der Waals surface area contributed by atoms with Gasteiger partial charge in [0, 0.05) is 5.97 Å². The van der Waals surface area contributed by atoms with Crippen LogP contribution >= 0.6 is 0 Å². The zero-order valence-corrected chi connectivity index (χ0v) is 18.3. The van der Waals surface area contributed by atoms with Gasteiger partial charge in [-0.15, -0.1) is 6.58 Å². The van der Waals surface area contributed by atoms with Crippen LogP contribution in [0.4, 0.5) is 0 Å². The van der Waals surface area contributed by atoms with Crippen molar-refractivity contribution < 1.29 is 71.1 Å². The summed E-state index contributed by atoms with van der Waals surface area (Å²) in [4.78, 5) is 10.1. The summed E-state index contributed by atoms with van der Waals surface area (Å²) in [6, 6.07) is 0. The fourth-order valence-electron chi connectivity index (χ4n) is 1.27. The smallest absolute Gasteiger partial charge is 1.00 e. The van der Waals surface area contributed by atoms with E-state index in [-0.39, 0.29) is 55.5 Å². The Morgan fingerprint density at radius 1 is 1.05 bits per heavy atom. The number of aliphatic carboxylic acids is 1. The summed E-state index contributed by atoms with van der Waals surface area (Å²) < 4.78 is 25.6. The molecular weight excluding hydrogens is 379 g/mol. The zero-order chi connectivity index (χ0) is 13.5. The third kappa shape index (κ3) is 45.3. The van der Waals surface area contributed by atoms with Crippen molar-refractivity contribution in [2.24, 2.45) is 0 Å². The molecule has 0 bridgehead atoms. The Labute approximate surface area is 154 Å². The summed E-state index contributed by atoms with van der Waals surface area (Å²) in [5, 5.41) is 10.1. The van der Waals surface area contributed by atoms with Crippen molar-refractivity contribution in [1.82, 2.24) is 0 Å². The van der Waals surface area contributed by atoms with Gasteiger partial charge in [0.15, 0.2) is 0 Å². The van der Waals surface area contributed by atoms with E-state index in [2.05, 4.69) is 6.58 Å². The summed E-state index contributed by atoms with van der Waals surface area (Å²) in [5.74, 6) is -0.924. The molecule has 102 valence electrons. The van der Waals surface area contributed by atoms with Crippen molar-refractivity contribution in [1.29, 1.82) is 0 Å². The second-order valence-corrected chi connectivity index (χ2v) is 4.38. The van der Waals surface area contributed by atoms with Crippen LogP contribution in [0.1, 0.15) is 51.4 Å². The van der Waals surface area contributed by atoms with Crippen LogP contribution in [-0.2, 0) is 28.1 Å². The SMILES string of the molecule is C=CCCCCCCCCC(=O)[O-].O=[Se]([O-])[O-].[Na+].[Zn+2]. The predicted octanol–water partition coefficient (Wildman–Crippen LogP) is -3.83. The van der Waals surface area contributed by atoms with Crippen LogP contribution in [-0.4, -0.2) is 20.5 Å². The number of unbranched alkanes of at least 4 members (excludes halogenated alkanes) is 6. The Kier molecular flexibility index (Phi) is 35.9. The Morgan fingerprint density at radius 2 is 1.42 bits per heavy atom. The van der Waals surface area contributed by atoms with E-state index in [1.807, 2.05) is 6.08 Å². The molecule has 19 heavy (non-hydrogen) atoms. The monoisotopic (exact) mass is 398 g/mol. The number of hydrogen-bond acceptors (Lipinski definition) is 5. The van der Waals surface area contributed by atoms with Crippen molar-refractivity contribution in [2.75, 3.05) is 0 Å². The molecule has 0 fully saturated rings. The molecule has 8 heteroatoms. The molecule has 0 aliphatic heterocycles. The molecule has 0 aromatic heterocycles. The summed E-state index contributed by atoms with van der Waals surface area (Å²) in [7, 11) is 0. The molecule has 0 heterocycles. The van der Waals surface area contributed by atoms with E-state index in [1.165, 1.54) is 19.3 Å². The quantitative estimate of drug-likeness (QED) is 0.225. The van der Waals surface area contributed by atoms with Gasteiger partial charge in [0.25, 0.3) is 0 Å². The van der Waals surface area contributed by atoms with Gasteiger partial charge in [-0.2, -0.15) is 0 Å². The van der Waals surface area contributed by atoms with Gasteiger partial charge in [-0.3, -0.25) is 0 Å².